The molecule has 0 radical (unpaired) electrons. The van der Waals surface area contributed by atoms with Crippen molar-refractivity contribution in [2.45, 2.75) is 63.5 Å². The van der Waals surface area contributed by atoms with Gasteiger partial charge in [-0.2, -0.15) is 4.31 Å². The van der Waals surface area contributed by atoms with Crippen LogP contribution in [-0.4, -0.2) is 67.5 Å². The third kappa shape index (κ3) is 5.45. The van der Waals surface area contributed by atoms with Crippen LogP contribution in [0.3, 0.4) is 0 Å². The Morgan fingerprint density at radius 1 is 1.34 bits per heavy atom. The number of aliphatic hydroxyl groups excluding tert-OH is 1. The van der Waals surface area contributed by atoms with E-state index in [1.807, 2.05) is 6.92 Å². The predicted octanol–water partition coefficient (Wildman–Crippen LogP) is 2.48. The summed E-state index contributed by atoms with van der Waals surface area (Å²) in [6.07, 6.45) is 4.20. The van der Waals surface area contributed by atoms with E-state index in [0.717, 1.165) is 12.8 Å². The minimum Gasteiger partial charge on any atom is -0.487 e. The van der Waals surface area contributed by atoms with Crippen LogP contribution in [0.2, 0.25) is 0 Å². The first kappa shape index (κ1) is 24.6. The number of benzene rings is 1. The van der Waals surface area contributed by atoms with Crippen molar-refractivity contribution in [3.8, 4) is 17.6 Å². The molecule has 1 aliphatic heterocycles. The standard InChI is InChI=1S/C24H34N2O5S/c1-17-14-26(18(2)16-27)32(29,30)24-12-11-21(10-9-20-7-5-6-8-20)13-22(24)31-23(17)15-25(4)19(3)28/h11-13,17-18,20,23,27H,5-8,14-16H2,1-4H3/t17-,18-,23-/m1/s1. The lowest BCUT2D eigenvalue weighted by Crippen LogP contribution is -2.50. The molecule has 2 aliphatic rings. The monoisotopic (exact) mass is 462 g/mol. The van der Waals surface area contributed by atoms with Crippen LogP contribution in [0.15, 0.2) is 23.1 Å². The van der Waals surface area contributed by atoms with Gasteiger partial charge in [0.15, 0.2) is 0 Å². The molecule has 1 aliphatic carbocycles. The molecule has 1 fully saturated rings. The van der Waals surface area contributed by atoms with E-state index in [1.54, 1.807) is 37.1 Å². The summed E-state index contributed by atoms with van der Waals surface area (Å²) in [5.74, 6) is 6.83. The van der Waals surface area contributed by atoms with Gasteiger partial charge in [0.25, 0.3) is 0 Å². The highest BCUT2D eigenvalue weighted by Gasteiger charge is 2.38. The molecular formula is C24H34N2O5S. The Morgan fingerprint density at radius 3 is 2.66 bits per heavy atom. The lowest BCUT2D eigenvalue weighted by atomic mass is 10.0. The van der Waals surface area contributed by atoms with Gasteiger partial charge in [0, 0.05) is 44.0 Å². The fourth-order valence-corrected chi connectivity index (χ4v) is 6.00. The third-order valence-corrected chi connectivity index (χ3v) is 8.45. The van der Waals surface area contributed by atoms with Gasteiger partial charge in [0.05, 0.1) is 13.2 Å². The van der Waals surface area contributed by atoms with Gasteiger partial charge < -0.3 is 14.7 Å². The highest BCUT2D eigenvalue weighted by atomic mass is 32.2. The van der Waals surface area contributed by atoms with Crippen molar-refractivity contribution in [1.82, 2.24) is 9.21 Å². The van der Waals surface area contributed by atoms with E-state index < -0.39 is 22.2 Å². The molecule has 1 aromatic rings. The molecule has 0 unspecified atom stereocenters. The second-order valence-electron chi connectivity index (χ2n) is 9.05. The molecule has 7 nitrogen and oxygen atoms in total. The zero-order valence-corrected chi connectivity index (χ0v) is 20.2. The summed E-state index contributed by atoms with van der Waals surface area (Å²) in [6.45, 7) is 5.30. The molecule has 0 aromatic heterocycles. The van der Waals surface area contributed by atoms with Crippen LogP contribution in [0.25, 0.3) is 0 Å². The molecule has 3 rings (SSSR count). The Balaban J connectivity index is 2.04. The van der Waals surface area contributed by atoms with E-state index in [2.05, 4.69) is 11.8 Å². The van der Waals surface area contributed by atoms with E-state index in [-0.39, 0.29) is 35.6 Å². The number of sulfonamides is 1. The summed E-state index contributed by atoms with van der Waals surface area (Å²) < 4.78 is 34.5. The molecule has 32 heavy (non-hydrogen) atoms. The molecule has 1 N–H and O–H groups in total. The Hall–Kier alpha value is -2.08. The van der Waals surface area contributed by atoms with Crippen LogP contribution in [0.1, 0.15) is 52.0 Å². The van der Waals surface area contributed by atoms with Crippen LogP contribution in [0, 0.1) is 23.7 Å². The molecule has 8 heteroatoms. The fourth-order valence-electron chi connectivity index (χ4n) is 4.18. The number of nitrogens with zero attached hydrogens (tertiary/aromatic N) is 2. The van der Waals surface area contributed by atoms with Gasteiger partial charge in [-0.15, -0.1) is 0 Å². The zero-order chi connectivity index (χ0) is 23.5. The molecule has 0 spiro atoms. The number of carbonyl (C=O) groups excluding carboxylic acids is 1. The van der Waals surface area contributed by atoms with Gasteiger partial charge >= 0.3 is 0 Å². The van der Waals surface area contributed by atoms with Crippen molar-refractivity contribution in [1.29, 1.82) is 0 Å². The van der Waals surface area contributed by atoms with Crippen molar-refractivity contribution < 1.29 is 23.1 Å². The summed E-state index contributed by atoms with van der Waals surface area (Å²) in [5, 5.41) is 9.71. The number of hydrogen-bond donors (Lipinski definition) is 1. The number of rotatable bonds is 4. The molecule has 1 aromatic carbocycles. The lowest BCUT2D eigenvalue weighted by Gasteiger charge is -2.37. The van der Waals surface area contributed by atoms with Crippen molar-refractivity contribution >= 4 is 15.9 Å². The van der Waals surface area contributed by atoms with E-state index in [0.29, 0.717) is 18.0 Å². The maximum absolute atomic E-state index is 13.5. The maximum Gasteiger partial charge on any atom is 0.247 e. The average molecular weight is 463 g/mol. The molecule has 1 amide bonds. The number of likely N-dealkylation sites (N-methyl/N-ethyl adjacent to an activating group) is 1. The van der Waals surface area contributed by atoms with Crippen molar-refractivity contribution in [2.75, 3.05) is 26.7 Å². The summed E-state index contributed by atoms with van der Waals surface area (Å²) in [5.41, 5.74) is 0.708. The number of amides is 1. The van der Waals surface area contributed by atoms with Crippen LogP contribution < -0.4 is 4.74 Å². The SMILES string of the molecule is CC(=O)N(C)C[C@H]1Oc2cc(C#CC3CCCC3)ccc2S(=O)(=O)N([C@H](C)CO)C[C@H]1C. The van der Waals surface area contributed by atoms with Gasteiger partial charge in [0.2, 0.25) is 15.9 Å². The van der Waals surface area contributed by atoms with Crippen molar-refractivity contribution in [2.24, 2.45) is 11.8 Å². The zero-order valence-electron chi connectivity index (χ0n) is 19.4. The molecule has 3 atom stereocenters. The van der Waals surface area contributed by atoms with E-state index in [9.17, 15) is 18.3 Å². The third-order valence-electron chi connectivity index (χ3n) is 6.43. The van der Waals surface area contributed by atoms with Crippen LogP contribution in [0.4, 0.5) is 0 Å². The first-order valence-electron chi connectivity index (χ1n) is 11.3. The maximum atomic E-state index is 13.5. The highest BCUT2D eigenvalue weighted by molar-refractivity contribution is 7.89. The molecule has 0 bridgehead atoms. The van der Waals surface area contributed by atoms with Gasteiger partial charge in [0.1, 0.15) is 16.7 Å². The Labute approximate surface area is 191 Å². The topological polar surface area (TPSA) is 87.2 Å². The van der Waals surface area contributed by atoms with Gasteiger partial charge in [-0.3, -0.25) is 4.79 Å². The molecule has 1 saturated carbocycles. The Kier molecular flexibility index (Phi) is 7.86. The summed E-state index contributed by atoms with van der Waals surface area (Å²) in [7, 11) is -2.18. The van der Waals surface area contributed by atoms with Gasteiger partial charge in [-0.05, 0) is 38.0 Å². The molecule has 1 heterocycles. The molecular weight excluding hydrogens is 428 g/mol. The van der Waals surface area contributed by atoms with Crippen LogP contribution in [0.5, 0.6) is 5.75 Å². The second kappa shape index (κ2) is 10.2. The smallest absolute Gasteiger partial charge is 0.247 e. The molecule has 176 valence electrons. The summed E-state index contributed by atoms with van der Waals surface area (Å²) >= 11 is 0. The molecule has 0 saturated heterocycles. The lowest BCUT2D eigenvalue weighted by molar-refractivity contribution is -0.129. The normalized spacial score (nSPS) is 24.3. The van der Waals surface area contributed by atoms with Gasteiger partial charge in [-0.1, -0.05) is 31.6 Å². The predicted molar refractivity (Wildman–Crippen MR) is 123 cm³/mol. The Morgan fingerprint density at radius 2 is 2.03 bits per heavy atom. The van der Waals surface area contributed by atoms with Crippen LogP contribution >= 0.6 is 0 Å². The van der Waals surface area contributed by atoms with Crippen molar-refractivity contribution in [3.63, 3.8) is 0 Å². The fraction of sp³-hybridized carbons (Fsp3) is 0.625. The highest BCUT2D eigenvalue weighted by Crippen LogP contribution is 2.34. The van der Waals surface area contributed by atoms with Crippen molar-refractivity contribution in [3.05, 3.63) is 23.8 Å². The number of fused-ring (bicyclic) bond motifs is 1. The number of aliphatic hydroxyl groups is 1. The van der Waals surface area contributed by atoms with E-state index >= 15 is 0 Å². The van der Waals surface area contributed by atoms with Crippen LogP contribution in [-0.2, 0) is 14.8 Å². The Bertz CT molecular complexity index is 991. The largest absolute Gasteiger partial charge is 0.487 e. The van der Waals surface area contributed by atoms with Gasteiger partial charge in [-0.25, -0.2) is 8.42 Å². The van der Waals surface area contributed by atoms with E-state index in [4.69, 9.17) is 4.74 Å². The quantitative estimate of drug-likeness (QED) is 0.695. The first-order chi connectivity index (χ1) is 15.1. The number of hydrogen-bond acceptors (Lipinski definition) is 5. The second-order valence-corrected chi connectivity index (χ2v) is 10.9. The van der Waals surface area contributed by atoms with E-state index in [1.165, 1.54) is 24.1 Å². The summed E-state index contributed by atoms with van der Waals surface area (Å²) in [6, 6.07) is 4.37. The number of ether oxygens (including phenoxy) is 1. The minimum atomic E-state index is -3.88. The minimum absolute atomic E-state index is 0.0617. The first-order valence-corrected chi connectivity index (χ1v) is 12.7. The number of carbonyl (C=O) groups is 1. The summed E-state index contributed by atoms with van der Waals surface area (Å²) in [4.78, 5) is 13.5. The average Bonchev–Trinajstić information content (AvgIpc) is 3.27.